The lowest BCUT2D eigenvalue weighted by molar-refractivity contribution is 0.189. The standard InChI is InChI=1S/C8H15NO/c1-6-4-8(6)9-7-2-3-10-5-7/h6-9H,2-5H2,1H3. The summed E-state index contributed by atoms with van der Waals surface area (Å²) >= 11 is 0. The predicted molar refractivity (Wildman–Crippen MR) is 39.9 cm³/mol. The van der Waals surface area contributed by atoms with E-state index in [-0.39, 0.29) is 0 Å². The molecule has 0 aromatic rings. The molecule has 0 amide bonds. The Kier molecular flexibility index (Phi) is 1.66. The molecule has 2 heteroatoms. The molecule has 58 valence electrons. The summed E-state index contributed by atoms with van der Waals surface area (Å²) in [5, 5.41) is 3.58. The summed E-state index contributed by atoms with van der Waals surface area (Å²) in [5.41, 5.74) is 0. The van der Waals surface area contributed by atoms with Gasteiger partial charge in [-0.3, -0.25) is 0 Å². The van der Waals surface area contributed by atoms with Crippen LogP contribution < -0.4 is 5.32 Å². The molecule has 2 rings (SSSR count). The highest BCUT2D eigenvalue weighted by Crippen LogP contribution is 2.30. The molecule has 2 aliphatic rings. The minimum Gasteiger partial charge on any atom is -0.380 e. The van der Waals surface area contributed by atoms with Crippen LogP contribution in [-0.2, 0) is 4.74 Å². The summed E-state index contributed by atoms with van der Waals surface area (Å²) in [4.78, 5) is 0. The zero-order valence-corrected chi connectivity index (χ0v) is 6.47. The minimum absolute atomic E-state index is 0.662. The number of nitrogens with one attached hydrogen (secondary N) is 1. The van der Waals surface area contributed by atoms with Gasteiger partial charge in [0.2, 0.25) is 0 Å². The highest BCUT2D eigenvalue weighted by atomic mass is 16.5. The summed E-state index contributed by atoms with van der Waals surface area (Å²) in [6.45, 7) is 4.19. The maximum atomic E-state index is 5.26. The Hall–Kier alpha value is -0.0800. The van der Waals surface area contributed by atoms with E-state index >= 15 is 0 Å². The fourth-order valence-electron chi connectivity index (χ4n) is 1.52. The Morgan fingerprint density at radius 3 is 2.80 bits per heavy atom. The normalized spacial score (nSPS) is 45.9. The maximum absolute atomic E-state index is 5.26. The van der Waals surface area contributed by atoms with Crippen molar-refractivity contribution in [2.45, 2.75) is 31.8 Å². The smallest absolute Gasteiger partial charge is 0.0620 e. The van der Waals surface area contributed by atoms with Gasteiger partial charge in [-0.1, -0.05) is 6.92 Å². The van der Waals surface area contributed by atoms with Crippen molar-refractivity contribution in [3.63, 3.8) is 0 Å². The molecule has 2 fully saturated rings. The molecular formula is C8H15NO. The second-order valence-corrected chi connectivity index (χ2v) is 3.55. The van der Waals surface area contributed by atoms with Crippen LogP contribution in [0.3, 0.4) is 0 Å². The molecule has 1 aliphatic carbocycles. The zero-order chi connectivity index (χ0) is 6.97. The maximum Gasteiger partial charge on any atom is 0.0620 e. The number of ether oxygens (including phenoxy) is 1. The van der Waals surface area contributed by atoms with Crippen molar-refractivity contribution < 1.29 is 4.74 Å². The molecule has 1 saturated carbocycles. The second-order valence-electron chi connectivity index (χ2n) is 3.55. The molecule has 1 aliphatic heterocycles. The topological polar surface area (TPSA) is 21.3 Å². The third-order valence-corrected chi connectivity index (χ3v) is 2.49. The van der Waals surface area contributed by atoms with Gasteiger partial charge in [-0.25, -0.2) is 0 Å². The van der Waals surface area contributed by atoms with Crippen molar-refractivity contribution in [3.8, 4) is 0 Å². The molecule has 1 saturated heterocycles. The average Bonchev–Trinajstić information content (AvgIpc) is 2.48. The van der Waals surface area contributed by atoms with Gasteiger partial charge in [-0.05, 0) is 18.8 Å². The predicted octanol–water partition coefficient (Wildman–Crippen LogP) is 0.773. The van der Waals surface area contributed by atoms with Crippen LogP contribution in [0.1, 0.15) is 19.8 Å². The third-order valence-electron chi connectivity index (χ3n) is 2.49. The van der Waals surface area contributed by atoms with Gasteiger partial charge in [0.05, 0.1) is 6.61 Å². The molecule has 1 heterocycles. The molecular weight excluding hydrogens is 126 g/mol. The van der Waals surface area contributed by atoms with Crippen LogP contribution in [0.25, 0.3) is 0 Å². The molecule has 0 bridgehead atoms. The van der Waals surface area contributed by atoms with Crippen LogP contribution in [0.15, 0.2) is 0 Å². The Labute approximate surface area is 61.9 Å². The van der Waals surface area contributed by atoms with Gasteiger partial charge in [0.25, 0.3) is 0 Å². The fourth-order valence-corrected chi connectivity index (χ4v) is 1.52. The quantitative estimate of drug-likeness (QED) is 0.613. The first-order valence-electron chi connectivity index (χ1n) is 4.20. The van der Waals surface area contributed by atoms with Crippen LogP contribution >= 0.6 is 0 Å². The lowest BCUT2D eigenvalue weighted by atomic mass is 10.2. The van der Waals surface area contributed by atoms with Crippen LogP contribution in [0.4, 0.5) is 0 Å². The van der Waals surface area contributed by atoms with Crippen LogP contribution in [0, 0.1) is 5.92 Å². The first-order chi connectivity index (χ1) is 4.86. The van der Waals surface area contributed by atoms with E-state index in [1.165, 1.54) is 12.8 Å². The molecule has 3 unspecified atom stereocenters. The van der Waals surface area contributed by atoms with Gasteiger partial charge in [-0.15, -0.1) is 0 Å². The SMILES string of the molecule is CC1CC1NC1CCOC1. The highest BCUT2D eigenvalue weighted by Gasteiger charge is 2.34. The summed E-state index contributed by atoms with van der Waals surface area (Å²) < 4.78 is 5.26. The van der Waals surface area contributed by atoms with Gasteiger partial charge in [0.1, 0.15) is 0 Å². The lowest BCUT2D eigenvalue weighted by Crippen LogP contribution is -2.31. The van der Waals surface area contributed by atoms with E-state index in [2.05, 4.69) is 12.2 Å². The van der Waals surface area contributed by atoms with Crippen molar-refractivity contribution in [2.24, 2.45) is 5.92 Å². The summed E-state index contributed by atoms with van der Waals surface area (Å²) in [5.74, 6) is 0.917. The summed E-state index contributed by atoms with van der Waals surface area (Å²) in [7, 11) is 0. The summed E-state index contributed by atoms with van der Waals surface area (Å²) in [6, 6.07) is 1.47. The van der Waals surface area contributed by atoms with Gasteiger partial charge < -0.3 is 10.1 Å². The van der Waals surface area contributed by atoms with Crippen molar-refractivity contribution in [3.05, 3.63) is 0 Å². The van der Waals surface area contributed by atoms with Crippen molar-refractivity contribution in [1.82, 2.24) is 5.32 Å². The number of rotatable bonds is 2. The lowest BCUT2D eigenvalue weighted by Gasteiger charge is -2.08. The van der Waals surface area contributed by atoms with Crippen molar-refractivity contribution in [2.75, 3.05) is 13.2 Å². The second kappa shape index (κ2) is 2.51. The number of hydrogen-bond acceptors (Lipinski definition) is 2. The van der Waals surface area contributed by atoms with Crippen molar-refractivity contribution in [1.29, 1.82) is 0 Å². The van der Waals surface area contributed by atoms with E-state index in [0.717, 1.165) is 25.2 Å². The number of hydrogen-bond donors (Lipinski definition) is 1. The van der Waals surface area contributed by atoms with Crippen LogP contribution in [0.2, 0.25) is 0 Å². The van der Waals surface area contributed by atoms with Crippen LogP contribution in [0.5, 0.6) is 0 Å². The van der Waals surface area contributed by atoms with Crippen LogP contribution in [-0.4, -0.2) is 25.3 Å². The highest BCUT2D eigenvalue weighted by molar-refractivity contribution is 4.92. The van der Waals surface area contributed by atoms with E-state index in [9.17, 15) is 0 Å². The largest absolute Gasteiger partial charge is 0.380 e. The Bertz CT molecular complexity index is 120. The van der Waals surface area contributed by atoms with Gasteiger partial charge in [0.15, 0.2) is 0 Å². The molecule has 0 aromatic heterocycles. The first-order valence-corrected chi connectivity index (χ1v) is 4.20. The molecule has 0 spiro atoms. The van der Waals surface area contributed by atoms with Gasteiger partial charge in [0, 0.05) is 18.7 Å². The first kappa shape index (κ1) is 6.62. The van der Waals surface area contributed by atoms with Gasteiger partial charge >= 0.3 is 0 Å². The molecule has 0 radical (unpaired) electrons. The monoisotopic (exact) mass is 141 g/mol. The summed E-state index contributed by atoms with van der Waals surface area (Å²) in [6.07, 6.45) is 2.58. The van der Waals surface area contributed by atoms with E-state index < -0.39 is 0 Å². The molecule has 2 nitrogen and oxygen atoms in total. The molecule has 0 aromatic carbocycles. The fraction of sp³-hybridized carbons (Fsp3) is 1.00. The van der Waals surface area contributed by atoms with E-state index in [1.54, 1.807) is 0 Å². The average molecular weight is 141 g/mol. The Balaban J connectivity index is 1.70. The van der Waals surface area contributed by atoms with E-state index in [1.807, 2.05) is 0 Å². The Morgan fingerprint density at radius 2 is 2.30 bits per heavy atom. The van der Waals surface area contributed by atoms with E-state index in [0.29, 0.717) is 6.04 Å². The zero-order valence-electron chi connectivity index (χ0n) is 6.47. The minimum atomic E-state index is 0.662. The molecule has 3 atom stereocenters. The Morgan fingerprint density at radius 1 is 1.50 bits per heavy atom. The third kappa shape index (κ3) is 1.32. The van der Waals surface area contributed by atoms with E-state index in [4.69, 9.17) is 4.74 Å². The van der Waals surface area contributed by atoms with Crippen molar-refractivity contribution >= 4 is 0 Å². The molecule has 1 N–H and O–H groups in total. The molecule has 10 heavy (non-hydrogen) atoms. The van der Waals surface area contributed by atoms with Gasteiger partial charge in [-0.2, -0.15) is 0 Å².